The van der Waals surface area contributed by atoms with Gasteiger partial charge in [-0.2, -0.15) is 0 Å². The third-order valence-corrected chi connectivity index (χ3v) is 1.64. The fourth-order valence-corrected chi connectivity index (χ4v) is 0.596. The van der Waals surface area contributed by atoms with Gasteiger partial charge in [-0.3, -0.25) is 14.5 Å². The van der Waals surface area contributed by atoms with Gasteiger partial charge in [-0.05, 0) is 20.9 Å². The van der Waals surface area contributed by atoms with Crippen molar-refractivity contribution in [1.29, 1.82) is 0 Å². The molecule has 11 heavy (non-hydrogen) atoms. The minimum Gasteiger partial charge on any atom is -0.307 e. The molecular weight excluding hydrogens is 144 g/mol. The Bertz CT molecular complexity index is 166. The lowest BCUT2D eigenvalue weighted by Gasteiger charge is -2.25. The molecule has 0 aliphatic heterocycles. The molecule has 1 N–H and O–H groups in total. The van der Waals surface area contributed by atoms with Gasteiger partial charge in [0.15, 0.2) is 0 Å². The molecule has 0 saturated carbocycles. The fourth-order valence-electron chi connectivity index (χ4n) is 0.596. The molecule has 0 aromatic rings. The van der Waals surface area contributed by atoms with Crippen LogP contribution in [0.3, 0.4) is 0 Å². The molecule has 4 heteroatoms. The molecule has 0 aromatic heterocycles. The summed E-state index contributed by atoms with van der Waals surface area (Å²) < 4.78 is 0. The van der Waals surface area contributed by atoms with Gasteiger partial charge in [0.05, 0.1) is 5.54 Å². The van der Waals surface area contributed by atoms with Crippen molar-refractivity contribution in [3.8, 4) is 0 Å². The Morgan fingerprint density at radius 3 is 2.27 bits per heavy atom. The van der Waals surface area contributed by atoms with Crippen LogP contribution in [-0.2, 0) is 9.59 Å². The number of hydrogen-bond donors (Lipinski definition) is 1. The molecule has 0 heterocycles. The Labute approximate surface area is 66.6 Å². The van der Waals surface area contributed by atoms with E-state index in [0.717, 1.165) is 4.90 Å². The van der Waals surface area contributed by atoms with E-state index in [1.54, 1.807) is 20.9 Å². The van der Waals surface area contributed by atoms with Crippen LogP contribution in [0.2, 0.25) is 0 Å². The quantitative estimate of drug-likeness (QED) is 0.568. The lowest BCUT2D eigenvalue weighted by Crippen LogP contribution is -2.51. The first-order valence-corrected chi connectivity index (χ1v) is 3.37. The van der Waals surface area contributed by atoms with Crippen molar-refractivity contribution >= 4 is 12.3 Å². The second kappa shape index (κ2) is 3.48. The van der Waals surface area contributed by atoms with E-state index in [1.165, 1.54) is 7.05 Å². The summed E-state index contributed by atoms with van der Waals surface area (Å²) in [6, 6.07) is 0. The molecule has 0 spiro atoms. The third-order valence-electron chi connectivity index (χ3n) is 1.64. The van der Waals surface area contributed by atoms with Crippen LogP contribution in [-0.4, -0.2) is 36.9 Å². The number of nitrogens with zero attached hydrogens (tertiary/aromatic N) is 1. The van der Waals surface area contributed by atoms with Crippen molar-refractivity contribution in [3.63, 3.8) is 0 Å². The molecule has 2 amide bonds. The Morgan fingerprint density at radius 2 is 2.00 bits per heavy atom. The fraction of sp³-hybridized carbons (Fsp3) is 0.714. The SMILES string of the molecule is CNC(C)(C)C(=O)N(C)C=O. The largest absolute Gasteiger partial charge is 0.307 e. The normalized spacial score (nSPS) is 10.9. The molecule has 0 bridgehead atoms. The number of likely N-dealkylation sites (N-methyl/N-ethyl adjacent to an activating group) is 2. The topological polar surface area (TPSA) is 49.4 Å². The number of amides is 2. The number of nitrogens with one attached hydrogen (secondary N) is 1. The molecular formula is C7H14N2O2. The lowest BCUT2D eigenvalue weighted by atomic mass is 10.1. The zero-order valence-corrected chi connectivity index (χ0v) is 7.34. The molecule has 64 valence electrons. The zero-order valence-electron chi connectivity index (χ0n) is 7.34. The van der Waals surface area contributed by atoms with Crippen LogP contribution in [0.25, 0.3) is 0 Å². The van der Waals surface area contributed by atoms with Crippen LogP contribution in [0.5, 0.6) is 0 Å². The van der Waals surface area contributed by atoms with Gasteiger partial charge in [0.1, 0.15) is 0 Å². The first kappa shape index (κ1) is 10.1. The van der Waals surface area contributed by atoms with Gasteiger partial charge >= 0.3 is 0 Å². The second-order valence-electron chi connectivity index (χ2n) is 2.90. The smallest absolute Gasteiger partial charge is 0.248 e. The minimum absolute atomic E-state index is 0.241. The molecule has 0 saturated heterocycles. The number of carbonyl (C=O) groups excluding carboxylic acids is 2. The summed E-state index contributed by atoms with van der Waals surface area (Å²) in [5.74, 6) is -0.241. The summed E-state index contributed by atoms with van der Waals surface area (Å²) in [4.78, 5) is 22.5. The van der Waals surface area contributed by atoms with E-state index in [-0.39, 0.29) is 5.91 Å². The average molecular weight is 158 g/mol. The molecule has 0 aromatic carbocycles. The predicted molar refractivity (Wildman–Crippen MR) is 42.0 cm³/mol. The maximum absolute atomic E-state index is 11.3. The highest BCUT2D eigenvalue weighted by molar-refractivity contribution is 5.92. The number of hydrogen-bond acceptors (Lipinski definition) is 3. The van der Waals surface area contributed by atoms with E-state index < -0.39 is 5.54 Å². The summed E-state index contributed by atoms with van der Waals surface area (Å²) in [6.07, 6.45) is 0.501. The monoisotopic (exact) mass is 158 g/mol. The van der Waals surface area contributed by atoms with Crippen molar-refractivity contribution in [2.24, 2.45) is 0 Å². The highest BCUT2D eigenvalue weighted by Gasteiger charge is 2.27. The van der Waals surface area contributed by atoms with Gasteiger partial charge in [0.2, 0.25) is 12.3 Å². The third kappa shape index (κ3) is 2.31. The van der Waals surface area contributed by atoms with Crippen LogP contribution in [0, 0.1) is 0 Å². The van der Waals surface area contributed by atoms with Crippen LogP contribution >= 0.6 is 0 Å². The molecule has 0 radical (unpaired) electrons. The molecule has 4 nitrogen and oxygen atoms in total. The van der Waals surface area contributed by atoms with E-state index in [1.807, 2.05) is 0 Å². The molecule has 0 aliphatic rings. The van der Waals surface area contributed by atoms with Crippen molar-refractivity contribution < 1.29 is 9.59 Å². The van der Waals surface area contributed by atoms with Crippen molar-refractivity contribution in [2.45, 2.75) is 19.4 Å². The zero-order chi connectivity index (χ0) is 9.07. The van der Waals surface area contributed by atoms with E-state index in [0.29, 0.717) is 6.41 Å². The summed E-state index contributed by atoms with van der Waals surface area (Å²) in [5.41, 5.74) is -0.671. The van der Waals surface area contributed by atoms with Gasteiger partial charge in [-0.25, -0.2) is 0 Å². The van der Waals surface area contributed by atoms with Crippen LogP contribution in [0.15, 0.2) is 0 Å². The molecule has 0 atom stereocenters. The maximum atomic E-state index is 11.3. The number of imide groups is 1. The second-order valence-corrected chi connectivity index (χ2v) is 2.90. The predicted octanol–water partition coefficient (Wildman–Crippen LogP) is -0.401. The van der Waals surface area contributed by atoms with E-state index in [2.05, 4.69) is 5.32 Å². The van der Waals surface area contributed by atoms with Gasteiger partial charge in [-0.1, -0.05) is 0 Å². The van der Waals surface area contributed by atoms with E-state index in [9.17, 15) is 9.59 Å². The first-order valence-electron chi connectivity index (χ1n) is 3.37. The molecule has 0 rings (SSSR count). The van der Waals surface area contributed by atoms with Crippen molar-refractivity contribution in [3.05, 3.63) is 0 Å². The number of rotatable bonds is 3. The summed E-state index contributed by atoms with van der Waals surface area (Å²) in [6.45, 7) is 3.44. The Balaban J connectivity index is 4.34. The Hall–Kier alpha value is -0.900. The van der Waals surface area contributed by atoms with Gasteiger partial charge in [0.25, 0.3) is 0 Å². The molecule has 0 aliphatic carbocycles. The Kier molecular flexibility index (Phi) is 3.19. The lowest BCUT2D eigenvalue weighted by molar-refractivity contribution is -0.140. The van der Waals surface area contributed by atoms with E-state index >= 15 is 0 Å². The van der Waals surface area contributed by atoms with Crippen LogP contribution in [0.1, 0.15) is 13.8 Å². The van der Waals surface area contributed by atoms with Gasteiger partial charge in [0, 0.05) is 7.05 Å². The van der Waals surface area contributed by atoms with Crippen molar-refractivity contribution in [1.82, 2.24) is 10.2 Å². The maximum Gasteiger partial charge on any atom is 0.248 e. The van der Waals surface area contributed by atoms with Crippen molar-refractivity contribution in [2.75, 3.05) is 14.1 Å². The Morgan fingerprint density at radius 1 is 1.55 bits per heavy atom. The standard InChI is InChI=1S/C7H14N2O2/c1-7(2,8-3)6(11)9(4)5-10/h5,8H,1-4H3. The highest BCUT2D eigenvalue weighted by atomic mass is 16.2. The average Bonchev–Trinajstić information content (AvgIpc) is 2.01. The molecule has 0 unspecified atom stereocenters. The summed E-state index contributed by atoms with van der Waals surface area (Å²) in [7, 11) is 3.12. The van der Waals surface area contributed by atoms with Gasteiger partial charge in [-0.15, -0.1) is 0 Å². The summed E-state index contributed by atoms with van der Waals surface area (Å²) in [5, 5.41) is 2.81. The first-order chi connectivity index (χ1) is 4.95. The minimum atomic E-state index is -0.671. The summed E-state index contributed by atoms with van der Waals surface area (Å²) >= 11 is 0. The van der Waals surface area contributed by atoms with Crippen LogP contribution < -0.4 is 5.32 Å². The van der Waals surface area contributed by atoms with Crippen LogP contribution in [0.4, 0.5) is 0 Å². The number of carbonyl (C=O) groups is 2. The van der Waals surface area contributed by atoms with E-state index in [4.69, 9.17) is 0 Å². The highest BCUT2D eigenvalue weighted by Crippen LogP contribution is 2.03. The van der Waals surface area contributed by atoms with Gasteiger partial charge < -0.3 is 5.32 Å². The molecule has 0 fully saturated rings.